The van der Waals surface area contributed by atoms with E-state index in [0.717, 1.165) is 22.1 Å². The minimum atomic E-state index is -0.919. The van der Waals surface area contributed by atoms with Crippen LogP contribution >= 0.6 is 11.3 Å². The van der Waals surface area contributed by atoms with Gasteiger partial charge in [0.2, 0.25) is 0 Å². The minimum Gasteiger partial charge on any atom is -0.324 e. The molecule has 0 radical (unpaired) electrons. The van der Waals surface area contributed by atoms with Gasteiger partial charge >= 0.3 is 6.03 Å². The van der Waals surface area contributed by atoms with E-state index in [9.17, 15) is 9.00 Å². The van der Waals surface area contributed by atoms with Crippen molar-refractivity contribution in [1.82, 2.24) is 9.88 Å². The number of nitrogens with zero attached hydrogens (tertiary/aromatic N) is 2. The minimum absolute atomic E-state index is 0.0709. The highest BCUT2D eigenvalue weighted by Crippen LogP contribution is 2.26. The molecule has 1 heterocycles. The number of aryl methyl sites for hydroxylation is 1. The molecule has 2 atom stereocenters. The normalized spacial score (nSPS) is 14.0. The molecule has 1 N–H and O–H groups in total. The van der Waals surface area contributed by atoms with Crippen LogP contribution < -0.4 is 5.32 Å². The van der Waals surface area contributed by atoms with E-state index >= 15 is 0 Å². The lowest BCUT2D eigenvalue weighted by Crippen LogP contribution is -2.40. The van der Waals surface area contributed by atoms with Crippen molar-refractivity contribution in [3.63, 3.8) is 0 Å². The molecule has 2 amide bonds. The van der Waals surface area contributed by atoms with Gasteiger partial charge in [-0.1, -0.05) is 13.8 Å². The van der Waals surface area contributed by atoms with Gasteiger partial charge in [0, 0.05) is 35.9 Å². The third kappa shape index (κ3) is 5.74. The van der Waals surface area contributed by atoms with Gasteiger partial charge in [0.15, 0.2) is 0 Å². The lowest BCUT2D eigenvalue weighted by molar-refractivity contribution is 0.212. The van der Waals surface area contributed by atoms with E-state index in [0.29, 0.717) is 11.7 Å². The second kappa shape index (κ2) is 7.89. The first-order valence-electron chi connectivity index (χ1n) is 7.00. The summed E-state index contributed by atoms with van der Waals surface area (Å²) in [6.07, 6.45) is 2.49. The van der Waals surface area contributed by atoms with Gasteiger partial charge in [0.25, 0.3) is 0 Å². The zero-order valence-electron chi connectivity index (χ0n) is 13.6. The number of hydrogen-bond donors (Lipinski definition) is 1. The van der Waals surface area contributed by atoms with Crippen molar-refractivity contribution in [2.75, 3.05) is 24.4 Å². The predicted octanol–water partition coefficient (Wildman–Crippen LogP) is 2.88. The summed E-state index contributed by atoms with van der Waals surface area (Å²) in [5.41, 5.74) is 0.945. The number of carbonyl (C=O) groups excluding carboxylic acids is 1. The molecule has 7 heteroatoms. The highest BCUT2D eigenvalue weighted by Gasteiger charge is 2.19. The van der Waals surface area contributed by atoms with Crippen molar-refractivity contribution in [3.8, 4) is 0 Å². The Morgan fingerprint density at radius 3 is 2.57 bits per heavy atom. The average molecular weight is 332 g/mol. The van der Waals surface area contributed by atoms with E-state index in [-0.39, 0.29) is 12.1 Å². The van der Waals surface area contributed by atoms with Gasteiger partial charge in [-0.15, -0.1) is 11.3 Å². The van der Waals surface area contributed by atoms with Crippen LogP contribution in [-0.4, -0.2) is 45.2 Å². The molecule has 0 saturated heterocycles. The predicted molar refractivity (Wildman–Crippen MR) is 90.6 cm³/mol. The number of aromatic nitrogens is 1. The molecule has 0 unspecified atom stereocenters. The zero-order chi connectivity index (χ0) is 16.2. The lowest BCUT2D eigenvalue weighted by Gasteiger charge is -2.24. The van der Waals surface area contributed by atoms with E-state index in [1.807, 2.05) is 13.8 Å². The molecule has 120 valence electrons. The molecule has 1 aromatic rings. The third-order valence-electron chi connectivity index (χ3n) is 3.08. The summed E-state index contributed by atoms with van der Waals surface area (Å²) >= 11 is 1.50. The molecular formula is C14H25N3O2S2. The van der Waals surface area contributed by atoms with Crippen molar-refractivity contribution >= 4 is 33.2 Å². The van der Waals surface area contributed by atoms with Gasteiger partial charge in [-0.3, -0.25) is 9.53 Å². The van der Waals surface area contributed by atoms with E-state index in [1.54, 1.807) is 18.2 Å². The molecule has 5 nitrogen and oxygen atoms in total. The quantitative estimate of drug-likeness (QED) is 0.872. The number of amides is 2. The van der Waals surface area contributed by atoms with E-state index < -0.39 is 10.8 Å². The average Bonchev–Trinajstić information content (AvgIpc) is 2.66. The molecule has 21 heavy (non-hydrogen) atoms. The maximum Gasteiger partial charge on any atom is 0.322 e. The van der Waals surface area contributed by atoms with Gasteiger partial charge in [-0.05, 0) is 26.2 Å². The van der Waals surface area contributed by atoms with Gasteiger partial charge in [-0.25, -0.2) is 9.78 Å². The summed E-state index contributed by atoms with van der Waals surface area (Å²) in [5.74, 6) is 0.964. The topological polar surface area (TPSA) is 62.3 Å². The van der Waals surface area contributed by atoms with E-state index in [2.05, 4.69) is 24.1 Å². The Kier molecular flexibility index (Phi) is 6.80. The molecule has 0 aliphatic rings. The molecule has 0 aliphatic heterocycles. The first-order chi connectivity index (χ1) is 9.70. The van der Waals surface area contributed by atoms with Crippen LogP contribution in [0.2, 0.25) is 0 Å². The van der Waals surface area contributed by atoms with Crippen LogP contribution in [0.4, 0.5) is 9.80 Å². The van der Waals surface area contributed by atoms with Crippen LogP contribution in [0.5, 0.6) is 0 Å². The highest BCUT2D eigenvalue weighted by atomic mass is 32.2. The summed E-state index contributed by atoms with van der Waals surface area (Å²) in [6.45, 7) is 8.10. The molecule has 0 aromatic carbocycles. The number of nitrogens with one attached hydrogen (secondary N) is 1. The van der Waals surface area contributed by atoms with Crippen LogP contribution in [0.25, 0.3) is 0 Å². The Hall–Kier alpha value is -0.950. The fourth-order valence-corrected chi connectivity index (χ4v) is 3.67. The Labute approximate surface area is 133 Å². The second-order valence-corrected chi connectivity index (χ2v) is 8.42. The van der Waals surface area contributed by atoms with E-state index in [4.69, 9.17) is 0 Å². The Balaban J connectivity index is 2.76. The number of anilines is 1. The summed E-state index contributed by atoms with van der Waals surface area (Å²) < 4.78 is 11.3. The lowest BCUT2D eigenvalue weighted by atomic mass is 10.1. The second-order valence-electron chi connectivity index (χ2n) is 5.74. The molecule has 0 fully saturated rings. The third-order valence-corrected chi connectivity index (χ3v) is 4.96. The Bertz CT molecular complexity index is 514. The van der Waals surface area contributed by atoms with Crippen LogP contribution in [0, 0.1) is 12.8 Å². The maximum atomic E-state index is 12.3. The molecule has 1 aromatic heterocycles. The van der Waals surface area contributed by atoms with Crippen molar-refractivity contribution in [2.45, 2.75) is 40.2 Å². The molecule has 1 rings (SSSR count). The number of carbonyl (C=O) groups is 1. The van der Waals surface area contributed by atoms with Crippen LogP contribution in [0.1, 0.15) is 31.5 Å². The van der Waals surface area contributed by atoms with E-state index in [1.165, 1.54) is 11.3 Å². The smallest absolute Gasteiger partial charge is 0.322 e. The highest BCUT2D eigenvalue weighted by molar-refractivity contribution is 7.84. The van der Waals surface area contributed by atoms with Crippen LogP contribution in [0.3, 0.4) is 0 Å². The van der Waals surface area contributed by atoms with Crippen molar-refractivity contribution < 1.29 is 9.00 Å². The molecule has 0 saturated carbocycles. The maximum absolute atomic E-state index is 12.3. The SMILES string of the molecule is Cc1nc(CC(C)C)c(NC(=O)N(C)[C@H](C)C[S@](C)=O)s1. The van der Waals surface area contributed by atoms with Crippen molar-refractivity contribution in [1.29, 1.82) is 0 Å². The van der Waals surface area contributed by atoms with Crippen molar-refractivity contribution in [3.05, 3.63) is 10.7 Å². The van der Waals surface area contributed by atoms with Gasteiger partial charge in [-0.2, -0.15) is 0 Å². The molecule has 0 spiro atoms. The fourth-order valence-electron chi connectivity index (χ4n) is 1.93. The van der Waals surface area contributed by atoms with Gasteiger partial charge in [0.1, 0.15) is 5.00 Å². The standard InChI is InChI=1S/C14H25N3O2S2/c1-9(2)7-12-13(20-11(4)15-12)16-14(18)17(5)10(3)8-21(6)19/h9-10H,7-8H2,1-6H3,(H,16,18)/t10-,21+/m1/s1. The summed E-state index contributed by atoms with van der Waals surface area (Å²) in [7, 11) is 0.806. The van der Waals surface area contributed by atoms with Crippen LogP contribution in [-0.2, 0) is 17.2 Å². The molecule has 0 bridgehead atoms. The molecule has 0 aliphatic carbocycles. The number of hydrogen-bond acceptors (Lipinski definition) is 4. The summed E-state index contributed by atoms with van der Waals surface area (Å²) in [6, 6.07) is -0.250. The largest absolute Gasteiger partial charge is 0.324 e. The Morgan fingerprint density at radius 1 is 1.43 bits per heavy atom. The van der Waals surface area contributed by atoms with Crippen molar-refractivity contribution in [2.24, 2.45) is 5.92 Å². The number of thiazole rings is 1. The van der Waals surface area contributed by atoms with Crippen LogP contribution in [0.15, 0.2) is 0 Å². The summed E-state index contributed by atoms with van der Waals surface area (Å²) in [4.78, 5) is 18.4. The first kappa shape index (κ1) is 18.1. The molecular weight excluding hydrogens is 306 g/mol. The number of rotatable bonds is 6. The van der Waals surface area contributed by atoms with Gasteiger partial charge in [0.05, 0.1) is 10.7 Å². The fraction of sp³-hybridized carbons (Fsp3) is 0.714. The summed E-state index contributed by atoms with van der Waals surface area (Å²) in [5, 5.41) is 4.71. The zero-order valence-corrected chi connectivity index (χ0v) is 15.2. The number of urea groups is 1. The Morgan fingerprint density at radius 2 is 2.05 bits per heavy atom. The monoisotopic (exact) mass is 331 g/mol. The van der Waals surface area contributed by atoms with Gasteiger partial charge < -0.3 is 4.90 Å². The first-order valence-corrected chi connectivity index (χ1v) is 9.55.